The van der Waals surface area contributed by atoms with Crippen molar-refractivity contribution in [2.45, 2.75) is 30.4 Å². The number of rotatable bonds is 5. The Morgan fingerprint density at radius 1 is 1.17 bits per heavy atom. The highest BCUT2D eigenvalue weighted by Crippen LogP contribution is 2.30. The van der Waals surface area contributed by atoms with Crippen LogP contribution in [0.3, 0.4) is 0 Å². The molecule has 0 spiro atoms. The molecule has 0 saturated carbocycles. The highest BCUT2D eigenvalue weighted by Gasteiger charge is 2.36. The molecule has 0 aliphatic carbocycles. The van der Waals surface area contributed by atoms with E-state index in [4.69, 9.17) is 4.74 Å². The molecular weight excluding hydrogens is 309 g/mol. The summed E-state index contributed by atoms with van der Waals surface area (Å²) in [6.07, 6.45) is 2.99. The number of likely N-dealkylation sites (tertiary alicyclic amines) is 1. The van der Waals surface area contributed by atoms with Crippen LogP contribution in [0.5, 0.6) is 5.75 Å². The van der Waals surface area contributed by atoms with Crippen LogP contribution in [0, 0.1) is 5.82 Å². The van der Waals surface area contributed by atoms with E-state index in [1.807, 2.05) is 6.07 Å². The summed E-state index contributed by atoms with van der Waals surface area (Å²) in [4.78, 5) is 3.65. The van der Waals surface area contributed by atoms with E-state index in [2.05, 4.69) is 42.3 Å². The van der Waals surface area contributed by atoms with Crippen LogP contribution in [0.1, 0.15) is 18.9 Å². The predicted octanol–water partition coefficient (Wildman–Crippen LogP) is 4.59. The highest BCUT2D eigenvalue weighted by molar-refractivity contribution is 7.98. The van der Waals surface area contributed by atoms with Gasteiger partial charge in [0.15, 0.2) is 11.6 Å². The standard InChI is InChI=1S/C19H22FNOS/c1-19(22-18-6-4-3-5-17(18)20)11-12-21(14-19)13-15-7-9-16(23-2)10-8-15/h3-10H,11-14H2,1-2H3. The van der Waals surface area contributed by atoms with Gasteiger partial charge >= 0.3 is 0 Å². The third-order valence-corrected chi connectivity index (χ3v) is 5.02. The Morgan fingerprint density at radius 3 is 2.61 bits per heavy atom. The summed E-state index contributed by atoms with van der Waals surface area (Å²) in [7, 11) is 0. The Kier molecular flexibility index (Phi) is 4.93. The van der Waals surface area contributed by atoms with Crippen LogP contribution in [0.4, 0.5) is 4.39 Å². The number of halogens is 1. The molecule has 2 aromatic rings. The van der Waals surface area contributed by atoms with Gasteiger partial charge in [-0.05, 0) is 43.0 Å². The summed E-state index contributed by atoms with van der Waals surface area (Å²) in [5.74, 6) is 0.0565. The zero-order chi connectivity index (χ0) is 16.3. The quantitative estimate of drug-likeness (QED) is 0.744. The first-order valence-electron chi connectivity index (χ1n) is 7.87. The SMILES string of the molecule is CSc1ccc(CN2CCC(C)(Oc3ccccc3F)C2)cc1. The molecule has 0 amide bonds. The average molecular weight is 331 g/mol. The van der Waals surface area contributed by atoms with Crippen LogP contribution in [0.2, 0.25) is 0 Å². The van der Waals surface area contributed by atoms with Gasteiger partial charge in [0, 0.05) is 31.0 Å². The first-order chi connectivity index (χ1) is 11.1. The number of nitrogens with zero attached hydrogens (tertiary/aromatic N) is 1. The zero-order valence-electron chi connectivity index (χ0n) is 13.6. The molecule has 2 nitrogen and oxygen atoms in total. The molecule has 0 aromatic heterocycles. The molecule has 1 fully saturated rings. The largest absolute Gasteiger partial charge is 0.483 e. The molecule has 1 unspecified atom stereocenters. The Hall–Kier alpha value is -1.52. The maximum absolute atomic E-state index is 13.8. The Labute approximate surface area is 141 Å². The number of thioether (sulfide) groups is 1. The fraction of sp³-hybridized carbons (Fsp3) is 0.368. The van der Waals surface area contributed by atoms with Gasteiger partial charge in [-0.3, -0.25) is 4.90 Å². The molecule has 122 valence electrons. The van der Waals surface area contributed by atoms with Crippen molar-refractivity contribution in [3.05, 3.63) is 59.9 Å². The molecule has 23 heavy (non-hydrogen) atoms. The second-order valence-corrected chi connectivity index (χ2v) is 7.17. The van der Waals surface area contributed by atoms with E-state index in [0.717, 1.165) is 26.1 Å². The lowest BCUT2D eigenvalue weighted by Crippen LogP contribution is -2.36. The normalized spacial score (nSPS) is 21.5. The molecular formula is C19H22FNOS. The number of para-hydroxylation sites is 1. The fourth-order valence-electron chi connectivity index (χ4n) is 3.03. The van der Waals surface area contributed by atoms with Gasteiger partial charge in [-0.1, -0.05) is 24.3 Å². The van der Waals surface area contributed by atoms with Crippen LogP contribution in [-0.4, -0.2) is 29.8 Å². The van der Waals surface area contributed by atoms with Gasteiger partial charge in [-0.15, -0.1) is 11.8 Å². The zero-order valence-corrected chi connectivity index (χ0v) is 14.4. The lowest BCUT2D eigenvalue weighted by Gasteiger charge is -2.26. The third kappa shape index (κ3) is 4.06. The molecule has 1 saturated heterocycles. The monoisotopic (exact) mass is 331 g/mol. The maximum atomic E-state index is 13.8. The van der Waals surface area contributed by atoms with Gasteiger partial charge in [-0.25, -0.2) is 4.39 Å². The van der Waals surface area contributed by atoms with Crippen molar-refractivity contribution >= 4 is 11.8 Å². The molecule has 0 radical (unpaired) electrons. The number of hydrogen-bond donors (Lipinski definition) is 0. The summed E-state index contributed by atoms with van der Waals surface area (Å²) < 4.78 is 19.8. The van der Waals surface area contributed by atoms with Crippen molar-refractivity contribution in [3.63, 3.8) is 0 Å². The summed E-state index contributed by atoms with van der Waals surface area (Å²) in [6.45, 7) is 4.75. The molecule has 1 aliphatic heterocycles. The first-order valence-corrected chi connectivity index (χ1v) is 9.09. The Morgan fingerprint density at radius 2 is 1.91 bits per heavy atom. The maximum Gasteiger partial charge on any atom is 0.165 e. The van der Waals surface area contributed by atoms with Gasteiger partial charge in [-0.2, -0.15) is 0 Å². The van der Waals surface area contributed by atoms with Gasteiger partial charge in [0.2, 0.25) is 0 Å². The average Bonchev–Trinajstić information content (AvgIpc) is 2.91. The summed E-state index contributed by atoms with van der Waals surface area (Å²) in [6, 6.07) is 15.3. The van der Waals surface area contributed by atoms with Crippen LogP contribution >= 0.6 is 11.8 Å². The topological polar surface area (TPSA) is 12.5 Å². The number of benzene rings is 2. The van der Waals surface area contributed by atoms with E-state index in [0.29, 0.717) is 5.75 Å². The smallest absolute Gasteiger partial charge is 0.165 e. The molecule has 3 rings (SSSR count). The van der Waals surface area contributed by atoms with Crippen molar-refractivity contribution in [1.82, 2.24) is 4.90 Å². The van der Waals surface area contributed by atoms with E-state index >= 15 is 0 Å². The highest BCUT2D eigenvalue weighted by atomic mass is 32.2. The summed E-state index contributed by atoms with van der Waals surface area (Å²) >= 11 is 1.75. The van der Waals surface area contributed by atoms with E-state index in [1.54, 1.807) is 23.9 Å². The Bertz CT molecular complexity index is 661. The van der Waals surface area contributed by atoms with E-state index in [-0.39, 0.29) is 11.4 Å². The van der Waals surface area contributed by atoms with Crippen molar-refractivity contribution < 1.29 is 9.13 Å². The molecule has 4 heteroatoms. The van der Waals surface area contributed by atoms with Gasteiger partial charge in [0.1, 0.15) is 5.60 Å². The van der Waals surface area contributed by atoms with Gasteiger partial charge in [0.05, 0.1) is 0 Å². The number of ether oxygens (including phenoxy) is 1. The van der Waals surface area contributed by atoms with Crippen molar-refractivity contribution in [1.29, 1.82) is 0 Å². The minimum Gasteiger partial charge on any atom is -0.483 e. The molecule has 1 aliphatic rings. The van der Waals surface area contributed by atoms with Gasteiger partial charge in [0.25, 0.3) is 0 Å². The van der Waals surface area contributed by atoms with Crippen molar-refractivity contribution in [2.24, 2.45) is 0 Å². The second kappa shape index (κ2) is 6.93. The molecule has 0 bridgehead atoms. The van der Waals surface area contributed by atoms with Crippen molar-refractivity contribution in [2.75, 3.05) is 19.3 Å². The molecule has 2 aromatic carbocycles. The lowest BCUT2D eigenvalue weighted by atomic mass is 10.1. The number of hydrogen-bond acceptors (Lipinski definition) is 3. The van der Waals surface area contributed by atoms with E-state index in [1.165, 1.54) is 16.5 Å². The predicted molar refractivity (Wildman–Crippen MR) is 93.6 cm³/mol. The molecule has 1 heterocycles. The second-order valence-electron chi connectivity index (χ2n) is 6.29. The van der Waals surface area contributed by atoms with Crippen LogP contribution in [0.15, 0.2) is 53.4 Å². The summed E-state index contributed by atoms with van der Waals surface area (Å²) in [5, 5.41) is 0. The van der Waals surface area contributed by atoms with Crippen molar-refractivity contribution in [3.8, 4) is 5.75 Å². The minimum absolute atomic E-state index is 0.292. The van der Waals surface area contributed by atoms with Crippen LogP contribution in [-0.2, 0) is 6.54 Å². The van der Waals surface area contributed by atoms with E-state index in [9.17, 15) is 4.39 Å². The summed E-state index contributed by atoms with van der Waals surface area (Å²) in [5.41, 5.74) is 0.972. The van der Waals surface area contributed by atoms with Gasteiger partial charge < -0.3 is 4.74 Å². The molecule has 0 N–H and O–H groups in total. The van der Waals surface area contributed by atoms with E-state index < -0.39 is 0 Å². The fourth-order valence-corrected chi connectivity index (χ4v) is 3.43. The minimum atomic E-state index is -0.332. The Balaban J connectivity index is 1.61. The van der Waals surface area contributed by atoms with Crippen LogP contribution < -0.4 is 4.74 Å². The molecule has 1 atom stereocenters. The van der Waals surface area contributed by atoms with Crippen LogP contribution in [0.25, 0.3) is 0 Å². The third-order valence-electron chi connectivity index (χ3n) is 4.27. The lowest BCUT2D eigenvalue weighted by molar-refractivity contribution is 0.0900. The first kappa shape index (κ1) is 16.3.